The van der Waals surface area contributed by atoms with Crippen LogP contribution in [0.15, 0.2) is 5.38 Å². The molecule has 1 aromatic rings. The molecule has 1 fully saturated rings. The Hall–Kier alpha value is -0.580. The quantitative estimate of drug-likeness (QED) is 0.905. The molecule has 1 amide bonds. The van der Waals surface area contributed by atoms with E-state index in [0.717, 1.165) is 44.3 Å². The molecule has 0 saturated carbocycles. The number of amides is 1. The highest BCUT2D eigenvalue weighted by atomic mass is 35.5. The van der Waals surface area contributed by atoms with Crippen molar-refractivity contribution in [2.45, 2.75) is 51.5 Å². The maximum Gasteiger partial charge on any atom is 0.254 e. The molecular formula is C16H25ClN2OS. The van der Waals surface area contributed by atoms with E-state index in [1.165, 1.54) is 23.3 Å². The molecule has 2 N–H and O–H groups in total. The topological polar surface area (TPSA) is 46.3 Å². The minimum atomic E-state index is 0. The third-order valence-corrected chi connectivity index (χ3v) is 5.87. The molecule has 1 aromatic heterocycles. The largest absolute Gasteiger partial charge is 0.338 e. The number of aryl methyl sites for hydroxylation is 1. The van der Waals surface area contributed by atoms with Gasteiger partial charge in [0, 0.05) is 29.4 Å². The van der Waals surface area contributed by atoms with E-state index in [1.54, 1.807) is 11.3 Å². The summed E-state index contributed by atoms with van der Waals surface area (Å²) in [6, 6.07) is 0.182. The van der Waals surface area contributed by atoms with Gasteiger partial charge in [-0.15, -0.1) is 23.7 Å². The smallest absolute Gasteiger partial charge is 0.254 e. The zero-order valence-corrected chi connectivity index (χ0v) is 14.3. The highest BCUT2D eigenvalue weighted by Crippen LogP contribution is 2.31. The second-order valence-electron chi connectivity index (χ2n) is 6.27. The first-order chi connectivity index (χ1) is 9.66. The molecule has 3 rings (SSSR count). The SMILES string of the molecule is CC(N)C1CCCN(C(=O)c2csc3c2CCCC3)C1.Cl. The number of carbonyl (C=O) groups excluding carboxylic acids is 1. The Labute approximate surface area is 137 Å². The second-order valence-corrected chi connectivity index (χ2v) is 7.24. The molecule has 2 aliphatic rings. The molecular weight excluding hydrogens is 304 g/mol. The number of hydrogen-bond acceptors (Lipinski definition) is 3. The lowest BCUT2D eigenvalue weighted by molar-refractivity contribution is 0.0660. The maximum absolute atomic E-state index is 12.8. The number of likely N-dealkylation sites (tertiary alicyclic amines) is 1. The summed E-state index contributed by atoms with van der Waals surface area (Å²) in [7, 11) is 0. The van der Waals surface area contributed by atoms with Crippen LogP contribution in [-0.2, 0) is 12.8 Å². The van der Waals surface area contributed by atoms with Crippen LogP contribution in [0, 0.1) is 5.92 Å². The third-order valence-electron chi connectivity index (χ3n) is 4.78. The lowest BCUT2D eigenvalue weighted by atomic mass is 9.91. The van der Waals surface area contributed by atoms with Gasteiger partial charge in [-0.25, -0.2) is 0 Å². The fourth-order valence-electron chi connectivity index (χ4n) is 3.47. The molecule has 0 bridgehead atoms. The predicted molar refractivity (Wildman–Crippen MR) is 90.5 cm³/mol. The summed E-state index contributed by atoms with van der Waals surface area (Å²) in [6.07, 6.45) is 7.00. The monoisotopic (exact) mass is 328 g/mol. The van der Waals surface area contributed by atoms with Crippen molar-refractivity contribution in [3.8, 4) is 0 Å². The maximum atomic E-state index is 12.8. The van der Waals surface area contributed by atoms with Gasteiger partial charge in [-0.3, -0.25) is 4.79 Å². The van der Waals surface area contributed by atoms with Gasteiger partial charge < -0.3 is 10.6 Å². The van der Waals surface area contributed by atoms with Crippen LogP contribution in [0.2, 0.25) is 0 Å². The molecule has 0 spiro atoms. The number of fused-ring (bicyclic) bond motifs is 1. The van der Waals surface area contributed by atoms with Crippen LogP contribution in [0.5, 0.6) is 0 Å². The zero-order chi connectivity index (χ0) is 14.1. The van der Waals surface area contributed by atoms with E-state index in [2.05, 4.69) is 12.3 Å². The molecule has 2 unspecified atom stereocenters. The van der Waals surface area contributed by atoms with E-state index in [-0.39, 0.29) is 24.4 Å². The van der Waals surface area contributed by atoms with Gasteiger partial charge in [-0.2, -0.15) is 0 Å². The van der Waals surface area contributed by atoms with Crippen molar-refractivity contribution in [2.75, 3.05) is 13.1 Å². The van der Waals surface area contributed by atoms with E-state index in [4.69, 9.17) is 5.73 Å². The number of piperidine rings is 1. The first-order valence-electron chi connectivity index (χ1n) is 7.81. The Balaban J connectivity index is 0.00000161. The summed E-state index contributed by atoms with van der Waals surface area (Å²) in [5.74, 6) is 0.705. The highest BCUT2D eigenvalue weighted by molar-refractivity contribution is 7.10. The lowest BCUT2D eigenvalue weighted by Crippen LogP contribution is -2.45. The number of rotatable bonds is 2. The van der Waals surface area contributed by atoms with E-state index >= 15 is 0 Å². The fraction of sp³-hybridized carbons (Fsp3) is 0.688. The summed E-state index contributed by atoms with van der Waals surface area (Å²) in [5.41, 5.74) is 8.35. The summed E-state index contributed by atoms with van der Waals surface area (Å²) in [5, 5.41) is 2.09. The van der Waals surface area contributed by atoms with E-state index < -0.39 is 0 Å². The zero-order valence-electron chi connectivity index (χ0n) is 12.6. The summed E-state index contributed by atoms with van der Waals surface area (Å²) >= 11 is 1.78. The van der Waals surface area contributed by atoms with Crippen molar-refractivity contribution in [1.29, 1.82) is 0 Å². The number of hydrogen-bond donors (Lipinski definition) is 1. The van der Waals surface area contributed by atoms with Crippen molar-refractivity contribution < 1.29 is 4.79 Å². The van der Waals surface area contributed by atoms with Gasteiger partial charge in [-0.1, -0.05) is 0 Å². The molecule has 3 nitrogen and oxygen atoms in total. The van der Waals surface area contributed by atoms with Crippen molar-refractivity contribution >= 4 is 29.7 Å². The molecule has 0 aromatic carbocycles. The van der Waals surface area contributed by atoms with Gasteiger partial charge in [0.15, 0.2) is 0 Å². The van der Waals surface area contributed by atoms with Gasteiger partial charge in [0.05, 0.1) is 5.56 Å². The van der Waals surface area contributed by atoms with Crippen molar-refractivity contribution in [2.24, 2.45) is 11.7 Å². The van der Waals surface area contributed by atoms with Crippen LogP contribution in [-0.4, -0.2) is 29.9 Å². The minimum absolute atomic E-state index is 0. The highest BCUT2D eigenvalue weighted by Gasteiger charge is 2.29. The second kappa shape index (κ2) is 7.12. The van der Waals surface area contributed by atoms with Crippen LogP contribution in [0.1, 0.15) is 53.4 Å². The lowest BCUT2D eigenvalue weighted by Gasteiger charge is -2.34. The average molecular weight is 329 g/mol. The van der Waals surface area contributed by atoms with Gasteiger partial charge in [0.1, 0.15) is 0 Å². The normalized spacial score (nSPS) is 23.1. The van der Waals surface area contributed by atoms with Crippen molar-refractivity contribution in [3.05, 3.63) is 21.4 Å². The Morgan fingerprint density at radius 2 is 2.14 bits per heavy atom. The summed E-state index contributed by atoms with van der Waals surface area (Å²) < 4.78 is 0. The Bertz CT molecular complexity index is 500. The Kier molecular flexibility index (Phi) is 5.69. The number of halogens is 1. The predicted octanol–water partition coefficient (Wildman–Crippen LogP) is 3.25. The van der Waals surface area contributed by atoms with Crippen molar-refractivity contribution in [1.82, 2.24) is 4.90 Å². The van der Waals surface area contributed by atoms with E-state index in [9.17, 15) is 4.79 Å². The fourth-order valence-corrected chi connectivity index (χ4v) is 4.59. The molecule has 2 atom stereocenters. The average Bonchev–Trinajstić information content (AvgIpc) is 2.90. The number of carbonyl (C=O) groups is 1. The summed E-state index contributed by atoms with van der Waals surface area (Å²) in [6.45, 7) is 3.79. The first kappa shape index (κ1) is 16.8. The molecule has 1 aliphatic heterocycles. The number of nitrogens with zero attached hydrogens (tertiary/aromatic N) is 1. The van der Waals surface area contributed by atoms with E-state index in [1.807, 2.05) is 4.90 Å². The van der Waals surface area contributed by atoms with Crippen molar-refractivity contribution in [3.63, 3.8) is 0 Å². The van der Waals surface area contributed by atoms with Gasteiger partial charge in [-0.05, 0) is 56.9 Å². The van der Waals surface area contributed by atoms with Crippen LogP contribution in [0.4, 0.5) is 0 Å². The van der Waals surface area contributed by atoms with Gasteiger partial charge >= 0.3 is 0 Å². The molecule has 0 radical (unpaired) electrons. The molecule has 5 heteroatoms. The number of thiophene rings is 1. The van der Waals surface area contributed by atoms with Gasteiger partial charge in [0.25, 0.3) is 5.91 Å². The minimum Gasteiger partial charge on any atom is -0.338 e. The summed E-state index contributed by atoms with van der Waals surface area (Å²) in [4.78, 5) is 16.3. The first-order valence-corrected chi connectivity index (χ1v) is 8.69. The van der Waals surface area contributed by atoms with Gasteiger partial charge in [0.2, 0.25) is 0 Å². The van der Waals surface area contributed by atoms with Crippen LogP contribution < -0.4 is 5.73 Å². The third kappa shape index (κ3) is 3.43. The number of nitrogens with two attached hydrogens (primary N) is 1. The molecule has 1 aliphatic carbocycles. The molecule has 2 heterocycles. The van der Waals surface area contributed by atoms with Crippen LogP contribution >= 0.6 is 23.7 Å². The Morgan fingerprint density at radius 1 is 1.38 bits per heavy atom. The van der Waals surface area contributed by atoms with Crippen LogP contribution in [0.3, 0.4) is 0 Å². The molecule has 21 heavy (non-hydrogen) atoms. The molecule has 118 valence electrons. The van der Waals surface area contributed by atoms with E-state index in [0.29, 0.717) is 5.92 Å². The molecule has 1 saturated heterocycles. The van der Waals surface area contributed by atoms with Crippen LogP contribution in [0.25, 0.3) is 0 Å². The Morgan fingerprint density at radius 3 is 2.90 bits per heavy atom. The standard InChI is InChI=1S/C16H24N2OS.ClH/c1-11(17)12-5-4-8-18(9-12)16(19)14-10-20-15-7-3-2-6-13(14)15;/h10-12H,2-9,17H2,1H3;1H.